The van der Waals surface area contributed by atoms with Crippen LogP contribution >= 0.6 is 0 Å². The van der Waals surface area contributed by atoms with Crippen LogP contribution in [0, 0.1) is 5.92 Å². The number of piperidine rings is 1. The highest BCUT2D eigenvalue weighted by Crippen LogP contribution is 2.21. The zero-order valence-corrected chi connectivity index (χ0v) is 10.3. The van der Waals surface area contributed by atoms with Gasteiger partial charge in [0.25, 0.3) is 10.0 Å². The molecule has 0 bridgehead atoms. The number of nitrogens with two attached hydrogens (primary N) is 1. The van der Waals surface area contributed by atoms with Crippen LogP contribution in [-0.4, -0.2) is 42.3 Å². The molecule has 0 aliphatic carbocycles. The Labute approximate surface area is 101 Å². The molecule has 1 unspecified atom stereocenters. The molecular formula is C10H16N4O2S. The van der Waals surface area contributed by atoms with E-state index in [4.69, 9.17) is 5.73 Å². The number of rotatable bonds is 3. The van der Waals surface area contributed by atoms with Crippen molar-refractivity contribution in [2.75, 3.05) is 19.6 Å². The lowest BCUT2D eigenvalue weighted by Crippen LogP contribution is -2.42. The Morgan fingerprint density at radius 3 is 2.94 bits per heavy atom. The van der Waals surface area contributed by atoms with Crippen LogP contribution in [-0.2, 0) is 10.0 Å². The first-order valence-corrected chi connectivity index (χ1v) is 7.05. The number of hydrogen-bond donors (Lipinski definition) is 1. The minimum Gasteiger partial charge on any atom is -0.330 e. The van der Waals surface area contributed by atoms with Gasteiger partial charge >= 0.3 is 0 Å². The summed E-state index contributed by atoms with van der Waals surface area (Å²) in [5.74, 6) is 0.246. The standard InChI is InChI=1S/C10H16N4O2S/c11-6-9-2-1-5-14(8-9)17(15,16)10-7-12-3-4-13-10/h3-4,7,9H,1-2,5-6,8,11H2. The molecule has 0 aromatic carbocycles. The molecule has 1 aromatic rings. The molecule has 94 valence electrons. The van der Waals surface area contributed by atoms with Crippen molar-refractivity contribution in [3.63, 3.8) is 0 Å². The molecule has 0 amide bonds. The predicted molar refractivity (Wildman–Crippen MR) is 62.6 cm³/mol. The van der Waals surface area contributed by atoms with Gasteiger partial charge in [0.1, 0.15) is 0 Å². The van der Waals surface area contributed by atoms with E-state index < -0.39 is 10.0 Å². The van der Waals surface area contributed by atoms with Crippen LogP contribution in [0.1, 0.15) is 12.8 Å². The van der Waals surface area contributed by atoms with Crippen LogP contribution in [0.15, 0.2) is 23.6 Å². The van der Waals surface area contributed by atoms with Crippen LogP contribution in [0.3, 0.4) is 0 Å². The van der Waals surface area contributed by atoms with E-state index in [2.05, 4.69) is 9.97 Å². The van der Waals surface area contributed by atoms with E-state index in [1.807, 2.05) is 0 Å². The van der Waals surface area contributed by atoms with Gasteiger partial charge in [-0.25, -0.2) is 13.4 Å². The summed E-state index contributed by atoms with van der Waals surface area (Å²) in [5, 5.41) is 0.0117. The Bertz CT molecular complexity index is 462. The fourth-order valence-electron chi connectivity index (χ4n) is 1.99. The summed E-state index contributed by atoms with van der Waals surface area (Å²) in [5.41, 5.74) is 5.60. The van der Waals surface area contributed by atoms with Gasteiger partial charge in [-0.2, -0.15) is 4.31 Å². The van der Waals surface area contributed by atoms with Crippen LogP contribution < -0.4 is 5.73 Å². The summed E-state index contributed by atoms with van der Waals surface area (Å²) < 4.78 is 25.9. The van der Waals surface area contributed by atoms with Crippen molar-refractivity contribution < 1.29 is 8.42 Å². The molecular weight excluding hydrogens is 240 g/mol. The predicted octanol–water partition coefficient (Wildman–Crippen LogP) is -0.164. The molecule has 2 N–H and O–H groups in total. The summed E-state index contributed by atoms with van der Waals surface area (Å²) in [6.45, 7) is 1.54. The average Bonchev–Trinajstić information content (AvgIpc) is 2.40. The smallest absolute Gasteiger partial charge is 0.262 e. The van der Waals surface area contributed by atoms with Gasteiger partial charge in [-0.3, -0.25) is 4.98 Å². The second kappa shape index (κ2) is 5.07. The quantitative estimate of drug-likeness (QED) is 0.811. The average molecular weight is 256 g/mol. The summed E-state index contributed by atoms with van der Waals surface area (Å²) in [7, 11) is -3.50. The van der Waals surface area contributed by atoms with Gasteiger partial charge in [-0.05, 0) is 25.3 Å². The van der Waals surface area contributed by atoms with Crippen molar-refractivity contribution in [2.45, 2.75) is 17.9 Å². The molecule has 0 spiro atoms. The van der Waals surface area contributed by atoms with Gasteiger partial charge in [0.05, 0.1) is 6.20 Å². The van der Waals surface area contributed by atoms with Crippen LogP contribution in [0.25, 0.3) is 0 Å². The van der Waals surface area contributed by atoms with E-state index in [1.54, 1.807) is 0 Å². The molecule has 2 rings (SSSR count). The first-order chi connectivity index (χ1) is 8.14. The van der Waals surface area contributed by atoms with Gasteiger partial charge in [0.2, 0.25) is 0 Å². The van der Waals surface area contributed by atoms with Gasteiger partial charge in [-0.15, -0.1) is 0 Å². The molecule has 6 nitrogen and oxygen atoms in total. The first kappa shape index (κ1) is 12.4. The van der Waals surface area contributed by atoms with Gasteiger partial charge in [0, 0.05) is 25.5 Å². The second-order valence-corrected chi connectivity index (χ2v) is 6.04. The SMILES string of the molecule is NCC1CCCN(S(=O)(=O)c2cnccn2)C1. The van der Waals surface area contributed by atoms with Crippen molar-refractivity contribution in [3.05, 3.63) is 18.6 Å². The fraction of sp³-hybridized carbons (Fsp3) is 0.600. The Morgan fingerprint density at radius 1 is 1.47 bits per heavy atom. The molecule has 1 aliphatic rings. The Morgan fingerprint density at radius 2 is 2.29 bits per heavy atom. The molecule has 1 atom stereocenters. The highest BCUT2D eigenvalue weighted by atomic mass is 32.2. The number of nitrogens with zero attached hydrogens (tertiary/aromatic N) is 3. The maximum atomic E-state index is 12.2. The lowest BCUT2D eigenvalue weighted by molar-refractivity contribution is 0.271. The highest BCUT2D eigenvalue weighted by Gasteiger charge is 2.30. The van der Waals surface area contributed by atoms with E-state index in [-0.39, 0.29) is 10.9 Å². The third-order valence-electron chi connectivity index (χ3n) is 2.96. The first-order valence-electron chi connectivity index (χ1n) is 5.61. The van der Waals surface area contributed by atoms with Crippen LogP contribution in [0.5, 0.6) is 0 Å². The molecule has 17 heavy (non-hydrogen) atoms. The highest BCUT2D eigenvalue weighted by molar-refractivity contribution is 7.89. The van der Waals surface area contributed by atoms with Crippen molar-refractivity contribution in [3.8, 4) is 0 Å². The van der Waals surface area contributed by atoms with E-state index in [0.717, 1.165) is 12.8 Å². The molecule has 0 saturated carbocycles. The Hall–Kier alpha value is -1.05. The molecule has 1 saturated heterocycles. The third-order valence-corrected chi connectivity index (χ3v) is 4.71. The van der Waals surface area contributed by atoms with Gasteiger partial charge in [0.15, 0.2) is 5.03 Å². The monoisotopic (exact) mass is 256 g/mol. The van der Waals surface area contributed by atoms with E-state index in [1.165, 1.54) is 22.9 Å². The molecule has 1 aromatic heterocycles. The van der Waals surface area contributed by atoms with Crippen molar-refractivity contribution in [1.82, 2.24) is 14.3 Å². The number of sulfonamides is 1. The molecule has 1 aliphatic heterocycles. The Kier molecular flexibility index (Phi) is 3.70. The maximum absolute atomic E-state index is 12.2. The van der Waals surface area contributed by atoms with Crippen molar-refractivity contribution in [2.24, 2.45) is 11.7 Å². The van der Waals surface area contributed by atoms with Crippen LogP contribution in [0.4, 0.5) is 0 Å². The van der Waals surface area contributed by atoms with E-state index >= 15 is 0 Å². The maximum Gasteiger partial charge on any atom is 0.262 e. The van der Waals surface area contributed by atoms with Gasteiger partial charge in [-0.1, -0.05) is 0 Å². The van der Waals surface area contributed by atoms with E-state index in [0.29, 0.717) is 19.6 Å². The minimum absolute atomic E-state index is 0.0117. The third kappa shape index (κ3) is 2.62. The zero-order chi connectivity index (χ0) is 12.3. The van der Waals surface area contributed by atoms with E-state index in [9.17, 15) is 8.42 Å². The molecule has 0 radical (unpaired) electrons. The summed E-state index contributed by atoms with van der Waals surface area (Å²) in [6.07, 6.45) is 5.96. The number of aromatic nitrogens is 2. The van der Waals surface area contributed by atoms with Crippen LogP contribution in [0.2, 0.25) is 0 Å². The number of hydrogen-bond acceptors (Lipinski definition) is 5. The molecule has 2 heterocycles. The second-order valence-electron chi connectivity index (χ2n) is 4.15. The molecule has 7 heteroatoms. The van der Waals surface area contributed by atoms with Gasteiger partial charge < -0.3 is 5.73 Å². The van der Waals surface area contributed by atoms with Crippen molar-refractivity contribution in [1.29, 1.82) is 0 Å². The largest absolute Gasteiger partial charge is 0.330 e. The minimum atomic E-state index is -3.50. The molecule has 1 fully saturated rings. The summed E-state index contributed by atoms with van der Waals surface area (Å²) >= 11 is 0. The fourth-order valence-corrected chi connectivity index (χ4v) is 3.42. The topological polar surface area (TPSA) is 89.2 Å². The Balaban J connectivity index is 2.21. The normalized spacial score (nSPS) is 22.5. The zero-order valence-electron chi connectivity index (χ0n) is 9.49. The summed E-state index contributed by atoms with van der Waals surface area (Å²) in [4.78, 5) is 7.65. The van der Waals surface area contributed by atoms with Crippen molar-refractivity contribution >= 4 is 10.0 Å². The lowest BCUT2D eigenvalue weighted by Gasteiger charge is -2.30. The summed E-state index contributed by atoms with van der Waals surface area (Å²) in [6, 6.07) is 0. The lowest BCUT2D eigenvalue weighted by atomic mass is 10.0.